The summed E-state index contributed by atoms with van der Waals surface area (Å²) in [6.45, 7) is 1.57. The Hall–Kier alpha value is -1.10. The Bertz CT molecular complexity index is 448. The Kier molecular flexibility index (Phi) is 27.3. The van der Waals surface area contributed by atoms with Crippen LogP contribution in [0.1, 0.15) is 110 Å². The van der Waals surface area contributed by atoms with Crippen LogP contribution >= 0.6 is 0 Å². The van der Waals surface area contributed by atoms with E-state index in [0.717, 1.165) is 12.8 Å². The molecule has 5 N–H and O–H groups in total. The summed E-state index contributed by atoms with van der Waals surface area (Å²) in [5.74, 6) is -0.510. The zero-order chi connectivity index (χ0) is 26.0. The van der Waals surface area contributed by atoms with Gasteiger partial charge in [0.25, 0.3) is 0 Å². The van der Waals surface area contributed by atoms with Gasteiger partial charge in [-0.05, 0) is 6.42 Å². The number of unbranched alkanes of at least 4 members (excludes halogenated alkanes) is 14. The van der Waals surface area contributed by atoms with Gasteiger partial charge < -0.3 is 34.8 Å². The second-order valence-electron chi connectivity index (χ2n) is 8.73. The molecule has 0 unspecified atom stereocenters. The lowest BCUT2D eigenvalue weighted by Gasteiger charge is -2.24. The first kappa shape index (κ1) is 35.1. The van der Waals surface area contributed by atoms with E-state index in [1.165, 1.54) is 90.6 Å². The molecule has 0 aromatic carbocycles. The fourth-order valence-corrected chi connectivity index (χ4v) is 3.49. The predicted octanol–water partition coefficient (Wildman–Crippen LogP) is 3.54. The van der Waals surface area contributed by atoms with E-state index in [2.05, 4.69) is 16.5 Å². The van der Waals surface area contributed by atoms with E-state index < -0.39 is 37.0 Å². The number of aldehydes is 1. The van der Waals surface area contributed by atoms with Crippen LogP contribution in [-0.2, 0) is 19.2 Å². The molecule has 204 valence electrons. The molecule has 0 fully saturated rings. The first-order valence-corrected chi connectivity index (χ1v) is 12.9. The molecule has 0 saturated heterocycles. The molecule has 0 aliphatic rings. The number of rotatable bonds is 22. The topological polar surface area (TPSA) is 154 Å². The van der Waals surface area contributed by atoms with Crippen molar-refractivity contribution in [2.75, 3.05) is 13.7 Å². The maximum atomic E-state index is 10.7. The number of aliphatic hydroxyl groups is 4. The SMILES string of the molecule is CCCCCCCCCCCCCCCCCC(=O)OO.CO[C@@H](C=O)[C@@H](O)[C@H](O)[C@H](O)CO. The zero-order valence-electron chi connectivity index (χ0n) is 21.3. The van der Waals surface area contributed by atoms with Crippen molar-refractivity contribution < 1.29 is 44.9 Å². The molecule has 9 nitrogen and oxygen atoms in total. The quantitative estimate of drug-likeness (QED) is 0.0658. The summed E-state index contributed by atoms with van der Waals surface area (Å²) in [6, 6.07) is 0. The highest BCUT2D eigenvalue weighted by molar-refractivity contribution is 5.68. The maximum absolute atomic E-state index is 10.7. The zero-order valence-corrected chi connectivity index (χ0v) is 21.3. The van der Waals surface area contributed by atoms with E-state index in [4.69, 9.17) is 20.6 Å². The third kappa shape index (κ3) is 21.4. The molecule has 0 radical (unpaired) electrons. The van der Waals surface area contributed by atoms with Crippen molar-refractivity contribution in [1.82, 2.24) is 0 Å². The molecule has 0 saturated carbocycles. The number of hydrogen-bond donors (Lipinski definition) is 5. The number of carbonyl (C=O) groups excluding carboxylic acids is 2. The predicted molar refractivity (Wildman–Crippen MR) is 130 cm³/mol. The molecule has 4 atom stereocenters. The van der Waals surface area contributed by atoms with Crippen molar-refractivity contribution in [3.63, 3.8) is 0 Å². The Morgan fingerprint density at radius 1 is 0.765 bits per heavy atom. The summed E-state index contributed by atoms with van der Waals surface area (Å²) >= 11 is 0. The number of hydrogen-bond acceptors (Lipinski definition) is 9. The van der Waals surface area contributed by atoms with Crippen molar-refractivity contribution in [3.8, 4) is 0 Å². The van der Waals surface area contributed by atoms with Crippen molar-refractivity contribution >= 4 is 12.3 Å². The van der Waals surface area contributed by atoms with Gasteiger partial charge in [-0.1, -0.05) is 96.8 Å². The van der Waals surface area contributed by atoms with Crippen LogP contribution in [0.25, 0.3) is 0 Å². The molecule has 0 bridgehead atoms. The fourth-order valence-electron chi connectivity index (χ4n) is 3.49. The normalized spacial score (nSPS) is 14.4. The highest BCUT2D eigenvalue weighted by Gasteiger charge is 2.30. The average molecular weight is 495 g/mol. The van der Waals surface area contributed by atoms with Crippen LogP contribution in [0.3, 0.4) is 0 Å². The first-order chi connectivity index (χ1) is 16.4. The Labute approximate surface area is 205 Å². The van der Waals surface area contributed by atoms with Gasteiger partial charge in [0.1, 0.15) is 24.4 Å². The fraction of sp³-hybridized carbons (Fsp3) is 0.920. The van der Waals surface area contributed by atoms with Gasteiger partial charge >= 0.3 is 5.97 Å². The van der Waals surface area contributed by atoms with Crippen LogP contribution in [-0.4, -0.2) is 76.1 Å². The number of ether oxygens (including phenoxy) is 1. The third-order valence-corrected chi connectivity index (χ3v) is 5.76. The molecule has 9 heteroatoms. The molecule has 0 rings (SSSR count). The second-order valence-corrected chi connectivity index (χ2v) is 8.73. The van der Waals surface area contributed by atoms with E-state index in [-0.39, 0.29) is 0 Å². The molecule has 0 aliphatic carbocycles. The molecular formula is C25H50O9. The molecule has 0 aliphatic heterocycles. The van der Waals surface area contributed by atoms with Gasteiger partial charge in [-0.2, -0.15) is 5.26 Å². The lowest BCUT2D eigenvalue weighted by atomic mass is 10.0. The second kappa shape index (κ2) is 26.5. The van der Waals surface area contributed by atoms with Crippen molar-refractivity contribution in [3.05, 3.63) is 0 Å². The van der Waals surface area contributed by atoms with Gasteiger partial charge in [-0.25, -0.2) is 4.79 Å². The van der Waals surface area contributed by atoms with E-state index in [9.17, 15) is 14.7 Å². The minimum atomic E-state index is -1.61. The van der Waals surface area contributed by atoms with E-state index >= 15 is 0 Å². The lowest BCUT2D eigenvalue weighted by molar-refractivity contribution is -0.234. The van der Waals surface area contributed by atoms with Gasteiger partial charge in [0.15, 0.2) is 6.29 Å². The molecule has 0 aromatic heterocycles. The minimum absolute atomic E-state index is 0.304. The van der Waals surface area contributed by atoms with Crippen LogP contribution < -0.4 is 0 Å². The summed E-state index contributed by atoms with van der Waals surface area (Å²) in [5.41, 5.74) is 0. The van der Waals surface area contributed by atoms with Gasteiger partial charge in [-0.3, -0.25) is 0 Å². The lowest BCUT2D eigenvalue weighted by Crippen LogP contribution is -2.47. The minimum Gasteiger partial charge on any atom is -0.394 e. The summed E-state index contributed by atoms with van der Waals surface area (Å²) in [4.78, 5) is 24.6. The monoisotopic (exact) mass is 494 g/mol. The standard InChI is InChI=1S/C18H36O3.C7H14O6/c1-2-3-4-5-6-7-8-9-10-11-12-13-14-15-16-17-18(19)21-20;1-13-5(3-9)7(12)6(11)4(10)2-8/h20H,2-17H2,1H3;3-8,10-12H,2H2,1H3/t;4-,5+,6-,7-/m.1/s1. The van der Waals surface area contributed by atoms with Gasteiger partial charge in [-0.15, -0.1) is 0 Å². The van der Waals surface area contributed by atoms with Gasteiger partial charge in [0, 0.05) is 13.5 Å². The number of carbonyl (C=O) groups is 2. The Morgan fingerprint density at radius 3 is 1.50 bits per heavy atom. The number of aliphatic hydroxyl groups excluding tert-OH is 4. The van der Waals surface area contributed by atoms with Crippen LogP contribution in [0, 0.1) is 0 Å². The van der Waals surface area contributed by atoms with Gasteiger partial charge in [0.05, 0.1) is 6.61 Å². The molecule has 0 heterocycles. The van der Waals surface area contributed by atoms with Crippen LogP contribution in [0.5, 0.6) is 0 Å². The van der Waals surface area contributed by atoms with E-state index in [1.54, 1.807) is 0 Å². The average Bonchev–Trinajstić information content (AvgIpc) is 2.86. The maximum Gasteiger partial charge on any atom is 0.342 e. The highest BCUT2D eigenvalue weighted by Crippen LogP contribution is 2.13. The third-order valence-electron chi connectivity index (χ3n) is 5.76. The van der Waals surface area contributed by atoms with E-state index in [1.807, 2.05) is 0 Å². The molecule has 0 spiro atoms. The summed E-state index contributed by atoms with van der Waals surface area (Å²) < 4.78 is 4.51. The largest absolute Gasteiger partial charge is 0.394 e. The van der Waals surface area contributed by atoms with Crippen molar-refractivity contribution in [1.29, 1.82) is 0 Å². The summed E-state index contributed by atoms with van der Waals surface area (Å²) in [6.07, 6.45) is 14.4. The molecule has 34 heavy (non-hydrogen) atoms. The van der Waals surface area contributed by atoms with Crippen LogP contribution in [0.4, 0.5) is 0 Å². The molecule has 0 amide bonds. The Balaban J connectivity index is 0. The van der Waals surface area contributed by atoms with Gasteiger partial charge in [0.2, 0.25) is 0 Å². The van der Waals surface area contributed by atoms with Crippen LogP contribution in [0.2, 0.25) is 0 Å². The smallest absolute Gasteiger partial charge is 0.342 e. The van der Waals surface area contributed by atoms with Crippen molar-refractivity contribution in [2.24, 2.45) is 0 Å². The highest BCUT2D eigenvalue weighted by atomic mass is 17.1. The van der Waals surface area contributed by atoms with E-state index in [0.29, 0.717) is 12.7 Å². The van der Waals surface area contributed by atoms with Crippen LogP contribution in [0.15, 0.2) is 0 Å². The summed E-state index contributed by atoms with van der Waals surface area (Å²) in [5, 5.41) is 43.8. The first-order valence-electron chi connectivity index (χ1n) is 12.9. The van der Waals surface area contributed by atoms with Crippen molar-refractivity contribution in [2.45, 2.75) is 134 Å². The molecule has 0 aromatic rings. The molecular weight excluding hydrogens is 444 g/mol. The Morgan fingerprint density at radius 2 is 1.18 bits per heavy atom. The summed E-state index contributed by atoms with van der Waals surface area (Å²) in [7, 11) is 1.18. The number of methoxy groups -OCH3 is 1.